The average Bonchev–Trinajstić information content (AvgIpc) is 3.29. The molecule has 2 aromatic carbocycles. The Morgan fingerprint density at radius 2 is 1.81 bits per heavy atom. The lowest BCUT2D eigenvalue weighted by Gasteiger charge is -2.11. The van der Waals surface area contributed by atoms with Crippen LogP contribution in [0.2, 0.25) is 0 Å². The zero-order valence-corrected chi connectivity index (χ0v) is 18.9. The number of ether oxygens (including phenoxy) is 3. The van der Waals surface area contributed by atoms with Gasteiger partial charge in [-0.25, -0.2) is 10.2 Å². The number of nitrogens with one attached hydrogen (secondary N) is 1. The van der Waals surface area contributed by atoms with Crippen molar-refractivity contribution < 1.29 is 23.8 Å². The number of aryl methyl sites for hydroxylation is 2. The molecule has 7 nitrogen and oxygen atoms in total. The highest BCUT2D eigenvalue weighted by atomic mass is 32.1. The molecule has 0 unspecified atom stereocenters. The number of carbonyl (C=O) groups excluding carboxylic acids is 2. The Labute approximate surface area is 190 Å². The van der Waals surface area contributed by atoms with Crippen molar-refractivity contribution >= 4 is 29.4 Å². The molecule has 0 spiro atoms. The summed E-state index contributed by atoms with van der Waals surface area (Å²) in [5.41, 5.74) is 5.22. The number of hydrogen-bond acceptors (Lipinski definition) is 7. The molecule has 1 heterocycles. The number of hydrazone groups is 1. The van der Waals surface area contributed by atoms with Gasteiger partial charge in [0.2, 0.25) is 0 Å². The maximum Gasteiger partial charge on any atom is 0.353 e. The summed E-state index contributed by atoms with van der Waals surface area (Å²) in [5, 5.41) is 5.76. The molecule has 0 aliphatic rings. The second-order valence-corrected chi connectivity index (χ2v) is 7.86. The Hall–Kier alpha value is -3.65. The Morgan fingerprint density at radius 1 is 1.03 bits per heavy atom. The Kier molecular flexibility index (Phi) is 7.99. The molecule has 0 radical (unpaired) electrons. The van der Waals surface area contributed by atoms with Gasteiger partial charge < -0.3 is 14.2 Å². The minimum absolute atomic E-state index is 0.151. The molecule has 0 saturated heterocycles. The van der Waals surface area contributed by atoms with Crippen molar-refractivity contribution in [2.45, 2.75) is 20.8 Å². The molecule has 0 aliphatic heterocycles. The maximum absolute atomic E-state index is 12.2. The summed E-state index contributed by atoms with van der Waals surface area (Å²) < 4.78 is 16.5. The van der Waals surface area contributed by atoms with Crippen LogP contribution in [0.1, 0.15) is 33.3 Å². The molecule has 3 aromatic rings. The summed E-state index contributed by atoms with van der Waals surface area (Å²) in [7, 11) is 0. The van der Waals surface area contributed by atoms with Gasteiger partial charge in [0.05, 0.1) is 12.8 Å². The van der Waals surface area contributed by atoms with Gasteiger partial charge in [-0.05, 0) is 79.2 Å². The maximum atomic E-state index is 12.2. The van der Waals surface area contributed by atoms with Gasteiger partial charge in [-0.2, -0.15) is 5.10 Å². The number of thiophene rings is 1. The standard InChI is InChI=1S/C24H24N2O5S/c1-4-29-21-13-18(7-8-20(21)31-24(28)22-6-5-9-32-22)14-25-26-23(27)15-30-19-11-16(2)10-17(3)12-19/h5-14H,4,15H2,1-3H3,(H,26,27). The summed E-state index contributed by atoms with van der Waals surface area (Å²) in [6.07, 6.45) is 1.47. The van der Waals surface area contributed by atoms with E-state index in [1.54, 1.807) is 35.7 Å². The number of carbonyl (C=O) groups is 2. The van der Waals surface area contributed by atoms with Crippen LogP contribution in [-0.4, -0.2) is 31.3 Å². The molecule has 0 atom stereocenters. The topological polar surface area (TPSA) is 86.2 Å². The van der Waals surface area contributed by atoms with Gasteiger partial charge in [0.1, 0.15) is 10.6 Å². The van der Waals surface area contributed by atoms with Crippen LogP contribution in [0, 0.1) is 13.8 Å². The third kappa shape index (κ3) is 6.68. The summed E-state index contributed by atoms with van der Waals surface area (Å²) >= 11 is 1.30. The normalized spacial score (nSPS) is 10.7. The quantitative estimate of drug-likeness (QED) is 0.223. The van der Waals surface area contributed by atoms with Crippen molar-refractivity contribution in [1.29, 1.82) is 0 Å². The highest BCUT2D eigenvalue weighted by Crippen LogP contribution is 2.29. The second-order valence-electron chi connectivity index (χ2n) is 6.91. The molecule has 8 heteroatoms. The summed E-state index contributed by atoms with van der Waals surface area (Å²) in [4.78, 5) is 24.7. The molecule has 1 amide bonds. The van der Waals surface area contributed by atoms with Crippen LogP contribution in [0.4, 0.5) is 0 Å². The third-order valence-electron chi connectivity index (χ3n) is 4.16. The first kappa shape index (κ1) is 23.0. The van der Waals surface area contributed by atoms with E-state index in [1.807, 2.05) is 39.0 Å². The SMILES string of the molecule is CCOc1cc(C=NNC(=O)COc2cc(C)cc(C)c2)ccc1OC(=O)c1cccs1. The van der Waals surface area contributed by atoms with Crippen LogP contribution in [0.3, 0.4) is 0 Å². The van der Waals surface area contributed by atoms with Crippen LogP contribution in [0.15, 0.2) is 59.0 Å². The number of rotatable bonds is 9. The summed E-state index contributed by atoms with van der Waals surface area (Å²) in [6, 6.07) is 14.3. The van der Waals surface area contributed by atoms with E-state index in [9.17, 15) is 9.59 Å². The number of esters is 1. The molecule has 32 heavy (non-hydrogen) atoms. The van der Waals surface area contributed by atoms with E-state index in [-0.39, 0.29) is 12.5 Å². The minimum Gasteiger partial charge on any atom is -0.490 e. The zero-order valence-electron chi connectivity index (χ0n) is 18.1. The minimum atomic E-state index is -0.446. The van der Waals surface area contributed by atoms with Gasteiger partial charge in [-0.1, -0.05) is 12.1 Å². The average molecular weight is 453 g/mol. The van der Waals surface area contributed by atoms with Crippen LogP contribution in [0.5, 0.6) is 17.2 Å². The third-order valence-corrected chi connectivity index (χ3v) is 5.01. The molecule has 1 N–H and O–H groups in total. The molecule has 0 bridgehead atoms. The summed E-state index contributed by atoms with van der Waals surface area (Å²) in [6.45, 7) is 6.02. The van der Waals surface area contributed by atoms with E-state index in [0.29, 0.717) is 34.3 Å². The van der Waals surface area contributed by atoms with E-state index in [1.165, 1.54) is 17.6 Å². The second kappa shape index (κ2) is 11.1. The van der Waals surface area contributed by atoms with Crippen molar-refractivity contribution in [3.8, 4) is 17.2 Å². The molecule has 0 fully saturated rings. The van der Waals surface area contributed by atoms with Crippen LogP contribution < -0.4 is 19.6 Å². The number of benzene rings is 2. The fourth-order valence-corrected chi connectivity index (χ4v) is 3.48. The molecule has 166 valence electrons. The van der Waals surface area contributed by atoms with Gasteiger partial charge in [0.25, 0.3) is 5.91 Å². The van der Waals surface area contributed by atoms with Gasteiger partial charge in [0, 0.05) is 0 Å². The Morgan fingerprint density at radius 3 is 2.50 bits per heavy atom. The van der Waals surface area contributed by atoms with Gasteiger partial charge >= 0.3 is 5.97 Å². The van der Waals surface area contributed by atoms with Crippen LogP contribution >= 0.6 is 11.3 Å². The first-order valence-corrected chi connectivity index (χ1v) is 10.9. The Balaban J connectivity index is 1.58. The van der Waals surface area contributed by atoms with E-state index < -0.39 is 5.97 Å². The smallest absolute Gasteiger partial charge is 0.353 e. The largest absolute Gasteiger partial charge is 0.490 e. The number of amides is 1. The van der Waals surface area contributed by atoms with E-state index >= 15 is 0 Å². The molecule has 1 aromatic heterocycles. The van der Waals surface area contributed by atoms with E-state index in [4.69, 9.17) is 14.2 Å². The van der Waals surface area contributed by atoms with Crippen molar-refractivity contribution in [1.82, 2.24) is 5.43 Å². The fraction of sp³-hybridized carbons (Fsp3) is 0.208. The van der Waals surface area contributed by atoms with Gasteiger partial charge in [-0.15, -0.1) is 11.3 Å². The van der Waals surface area contributed by atoms with E-state index in [0.717, 1.165) is 11.1 Å². The van der Waals surface area contributed by atoms with Gasteiger partial charge in [0.15, 0.2) is 18.1 Å². The van der Waals surface area contributed by atoms with Crippen molar-refractivity contribution in [2.24, 2.45) is 5.10 Å². The zero-order chi connectivity index (χ0) is 22.9. The highest BCUT2D eigenvalue weighted by Gasteiger charge is 2.14. The predicted octanol–water partition coefficient (Wildman–Crippen LogP) is 4.51. The molecule has 0 aliphatic carbocycles. The van der Waals surface area contributed by atoms with Gasteiger partial charge in [-0.3, -0.25) is 4.79 Å². The highest BCUT2D eigenvalue weighted by molar-refractivity contribution is 7.12. The number of hydrogen-bond donors (Lipinski definition) is 1. The lowest BCUT2D eigenvalue weighted by molar-refractivity contribution is -0.123. The molecular formula is C24H24N2O5S. The molecule has 0 saturated carbocycles. The van der Waals surface area contributed by atoms with Crippen molar-refractivity contribution in [3.05, 3.63) is 75.5 Å². The van der Waals surface area contributed by atoms with E-state index in [2.05, 4.69) is 10.5 Å². The first-order chi connectivity index (χ1) is 15.4. The lowest BCUT2D eigenvalue weighted by Crippen LogP contribution is -2.24. The molecular weight excluding hydrogens is 428 g/mol. The first-order valence-electron chi connectivity index (χ1n) is 10.00. The number of nitrogens with zero attached hydrogens (tertiary/aromatic N) is 1. The van der Waals surface area contributed by atoms with Crippen molar-refractivity contribution in [3.63, 3.8) is 0 Å². The monoisotopic (exact) mass is 452 g/mol. The predicted molar refractivity (Wildman–Crippen MR) is 124 cm³/mol. The fourth-order valence-electron chi connectivity index (χ4n) is 2.88. The molecule has 3 rings (SSSR count). The van der Waals surface area contributed by atoms with Crippen LogP contribution in [0.25, 0.3) is 0 Å². The van der Waals surface area contributed by atoms with Crippen molar-refractivity contribution in [2.75, 3.05) is 13.2 Å². The summed E-state index contributed by atoms with van der Waals surface area (Å²) in [5.74, 6) is 0.528. The Bertz CT molecular complexity index is 1090. The lowest BCUT2D eigenvalue weighted by atomic mass is 10.1. The van der Waals surface area contributed by atoms with Crippen LogP contribution in [-0.2, 0) is 4.79 Å².